The van der Waals surface area contributed by atoms with E-state index in [9.17, 15) is 14.0 Å². The molecule has 0 aliphatic carbocycles. The van der Waals surface area contributed by atoms with Gasteiger partial charge in [-0.3, -0.25) is 14.5 Å². The van der Waals surface area contributed by atoms with Crippen molar-refractivity contribution in [2.24, 2.45) is 0 Å². The molecule has 0 N–H and O–H groups in total. The van der Waals surface area contributed by atoms with Crippen molar-refractivity contribution < 1.29 is 14.0 Å². The molecule has 2 aromatic rings. The number of nitrogens with zero attached hydrogens (tertiary/aromatic N) is 3. The number of hydrogen-bond acceptors (Lipinski definition) is 3. The smallest absolute Gasteiger partial charge is 0.241 e. The molecule has 2 amide bonds. The molecule has 0 spiro atoms. The fourth-order valence-electron chi connectivity index (χ4n) is 3.92. The van der Waals surface area contributed by atoms with Crippen molar-refractivity contribution in [2.75, 3.05) is 44.2 Å². The van der Waals surface area contributed by atoms with E-state index in [2.05, 4.69) is 11.0 Å². The summed E-state index contributed by atoms with van der Waals surface area (Å²) in [7, 11) is 0. The Bertz CT molecular complexity index is 860. The molecule has 4 rings (SSSR count). The third-order valence-electron chi connectivity index (χ3n) is 5.54. The largest absolute Gasteiger partial charge is 0.340 e. The number of benzene rings is 2. The van der Waals surface area contributed by atoms with Gasteiger partial charge in [0.05, 0.1) is 13.0 Å². The lowest BCUT2D eigenvalue weighted by Gasteiger charge is -2.35. The molecule has 2 aromatic carbocycles. The van der Waals surface area contributed by atoms with Crippen molar-refractivity contribution in [2.45, 2.75) is 12.8 Å². The van der Waals surface area contributed by atoms with Gasteiger partial charge in [0.15, 0.2) is 0 Å². The number of fused-ring (bicyclic) bond motifs is 1. The molecular formula is C22H24FN3O2. The van der Waals surface area contributed by atoms with Gasteiger partial charge in [-0.15, -0.1) is 0 Å². The second kappa shape index (κ2) is 8.10. The number of amides is 2. The monoisotopic (exact) mass is 381 g/mol. The van der Waals surface area contributed by atoms with Gasteiger partial charge in [-0.2, -0.15) is 0 Å². The van der Waals surface area contributed by atoms with Crippen LogP contribution in [0.2, 0.25) is 0 Å². The van der Waals surface area contributed by atoms with Crippen LogP contribution in [0.1, 0.15) is 11.1 Å². The van der Waals surface area contributed by atoms with E-state index >= 15 is 0 Å². The molecule has 0 radical (unpaired) electrons. The quantitative estimate of drug-likeness (QED) is 0.815. The van der Waals surface area contributed by atoms with E-state index in [0.717, 1.165) is 24.2 Å². The lowest BCUT2D eigenvalue weighted by atomic mass is 10.1. The molecule has 6 heteroatoms. The van der Waals surface area contributed by atoms with E-state index in [-0.39, 0.29) is 24.1 Å². The Morgan fingerprint density at radius 1 is 0.857 bits per heavy atom. The first-order valence-corrected chi connectivity index (χ1v) is 9.73. The predicted molar refractivity (Wildman–Crippen MR) is 106 cm³/mol. The summed E-state index contributed by atoms with van der Waals surface area (Å²) in [5.41, 5.74) is 3.07. The van der Waals surface area contributed by atoms with Crippen molar-refractivity contribution in [1.82, 2.24) is 9.80 Å². The number of anilines is 1. The Hall–Kier alpha value is -2.73. The van der Waals surface area contributed by atoms with Gasteiger partial charge in [0.2, 0.25) is 11.8 Å². The molecule has 2 aliphatic rings. The molecule has 0 saturated carbocycles. The topological polar surface area (TPSA) is 43.9 Å². The van der Waals surface area contributed by atoms with Crippen molar-refractivity contribution in [3.63, 3.8) is 0 Å². The molecule has 0 aromatic heterocycles. The van der Waals surface area contributed by atoms with Gasteiger partial charge in [0.1, 0.15) is 5.82 Å². The number of carbonyl (C=O) groups excluding carboxylic acids is 2. The number of piperazine rings is 1. The minimum atomic E-state index is -0.296. The Labute approximate surface area is 164 Å². The van der Waals surface area contributed by atoms with Gasteiger partial charge in [0.25, 0.3) is 0 Å². The summed E-state index contributed by atoms with van der Waals surface area (Å²) in [6.45, 7) is 3.74. The van der Waals surface area contributed by atoms with E-state index in [1.54, 1.807) is 12.1 Å². The SMILES string of the molecule is O=C(Cc1ccc(F)cc1)N1CCN(CC(=O)N2CCc3ccccc32)CC1. The summed E-state index contributed by atoms with van der Waals surface area (Å²) in [4.78, 5) is 31.0. The van der Waals surface area contributed by atoms with Gasteiger partial charge in [-0.25, -0.2) is 4.39 Å². The average molecular weight is 381 g/mol. The number of rotatable bonds is 4. The van der Waals surface area contributed by atoms with E-state index in [1.807, 2.05) is 28.0 Å². The number of carbonyl (C=O) groups is 2. The minimum absolute atomic E-state index is 0.0473. The van der Waals surface area contributed by atoms with Crippen LogP contribution < -0.4 is 4.90 Å². The molecular weight excluding hydrogens is 357 g/mol. The van der Waals surface area contributed by atoms with Crippen LogP contribution in [-0.4, -0.2) is 60.9 Å². The van der Waals surface area contributed by atoms with Crippen molar-refractivity contribution in [3.8, 4) is 0 Å². The van der Waals surface area contributed by atoms with E-state index in [4.69, 9.17) is 0 Å². The van der Waals surface area contributed by atoms with Gasteiger partial charge < -0.3 is 9.80 Å². The lowest BCUT2D eigenvalue weighted by molar-refractivity contribution is -0.132. The summed E-state index contributed by atoms with van der Waals surface area (Å²) in [6, 6.07) is 14.1. The third-order valence-corrected chi connectivity index (χ3v) is 5.54. The van der Waals surface area contributed by atoms with Gasteiger partial charge in [-0.05, 0) is 35.7 Å². The van der Waals surface area contributed by atoms with E-state index in [0.29, 0.717) is 32.7 Å². The van der Waals surface area contributed by atoms with Gasteiger partial charge in [0, 0.05) is 38.4 Å². The van der Waals surface area contributed by atoms with Crippen LogP contribution >= 0.6 is 0 Å². The Morgan fingerprint density at radius 3 is 2.32 bits per heavy atom. The second-order valence-electron chi connectivity index (χ2n) is 7.38. The summed E-state index contributed by atoms with van der Waals surface area (Å²) in [5, 5.41) is 0. The maximum Gasteiger partial charge on any atom is 0.241 e. The van der Waals surface area contributed by atoms with E-state index < -0.39 is 0 Å². The first kappa shape index (κ1) is 18.6. The molecule has 2 aliphatic heterocycles. The maximum absolute atomic E-state index is 13.0. The zero-order chi connectivity index (χ0) is 19.5. The molecule has 1 saturated heterocycles. The average Bonchev–Trinajstić information content (AvgIpc) is 3.14. The van der Waals surface area contributed by atoms with Crippen molar-refractivity contribution >= 4 is 17.5 Å². The Balaban J connectivity index is 1.27. The Morgan fingerprint density at radius 2 is 1.57 bits per heavy atom. The molecule has 1 fully saturated rings. The normalized spacial score (nSPS) is 16.9. The standard InChI is InChI=1S/C22H24FN3O2/c23-19-7-5-17(6-8-19)15-21(27)25-13-11-24(12-14-25)16-22(28)26-10-9-18-3-1-2-4-20(18)26/h1-8H,9-16H2. The minimum Gasteiger partial charge on any atom is -0.340 e. The fourth-order valence-corrected chi connectivity index (χ4v) is 3.92. The second-order valence-corrected chi connectivity index (χ2v) is 7.38. The van der Waals surface area contributed by atoms with Gasteiger partial charge >= 0.3 is 0 Å². The zero-order valence-electron chi connectivity index (χ0n) is 15.8. The van der Waals surface area contributed by atoms with E-state index in [1.165, 1.54) is 17.7 Å². The molecule has 146 valence electrons. The fraction of sp³-hybridized carbons (Fsp3) is 0.364. The Kier molecular flexibility index (Phi) is 5.39. The zero-order valence-corrected chi connectivity index (χ0v) is 15.8. The number of hydrogen-bond donors (Lipinski definition) is 0. The highest BCUT2D eigenvalue weighted by Crippen LogP contribution is 2.27. The summed E-state index contributed by atoms with van der Waals surface area (Å²) in [5.74, 6) is -0.128. The van der Waals surface area contributed by atoms with Crippen molar-refractivity contribution in [3.05, 3.63) is 65.5 Å². The highest BCUT2D eigenvalue weighted by Gasteiger charge is 2.27. The van der Waals surface area contributed by atoms with Gasteiger partial charge in [-0.1, -0.05) is 30.3 Å². The molecule has 0 unspecified atom stereocenters. The first-order chi connectivity index (χ1) is 13.6. The van der Waals surface area contributed by atoms with Crippen LogP contribution in [0.5, 0.6) is 0 Å². The maximum atomic E-state index is 13.0. The number of halogens is 1. The van der Waals surface area contributed by atoms with Crippen molar-refractivity contribution in [1.29, 1.82) is 0 Å². The van der Waals surface area contributed by atoms with Crippen LogP contribution in [0.3, 0.4) is 0 Å². The lowest BCUT2D eigenvalue weighted by Crippen LogP contribution is -2.51. The number of para-hydroxylation sites is 1. The molecule has 5 nitrogen and oxygen atoms in total. The molecule has 2 heterocycles. The predicted octanol–water partition coefficient (Wildman–Crippen LogP) is 2.10. The highest BCUT2D eigenvalue weighted by atomic mass is 19.1. The summed E-state index contributed by atoms with van der Waals surface area (Å²) >= 11 is 0. The van der Waals surface area contributed by atoms with Crippen LogP contribution in [0.25, 0.3) is 0 Å². The van der Waals surface area contributed by atoms with Crippen LogP contribution in [0, 0.1) is 5.82 Å². The first-order valence-electron chi connectivity index (χ1n) is 9.73. The van der Waals surface area contributed by atoms with Crippen LogP contribution in [0.4, 0.5) is 10.1 Å². The van der Waals surface area contributed by atoms with Crippen LogP contribution in [-0.2, 0) is 22.4 Å². The molecule has 0 atom stereocenters. The molecule has 0 bridgehead atoms. The highest BCUT2D eigenvalue weighted by molar-refractivity contribution is 5.96. The third kappa shape index (κ3) is 4.07. The molecule has 28 heavy (non-hydrogen) atoms. The van der Waals surface area contributed by atoms with Crippen LogP contribution in [0.15, 0.2) is 48.5 Å². The summed E-state index contributed by atoms with van der Waals surface area (Å²) < 4.78 is 13.0. The summed E-state index contributed by atoms with van der Waals surface area (Å²) in [6.07, 6.45) is 1.19.